The molecule has 0 nitrogen and oxygen atoms in total. The summed E-state index contributed by atoms with van der Waals surface area (Å²) in [5.41, 5.74) is 18.7. The van der Waals surface area contributed by atoms with Crippen molar-refractivity contribution < 1.29 is 58.9 Å². The van der Waals surface area contributed by atoms with Crippen molar-refractivity contribution in [3.8, 4) is 0 Å². The van der Waals surface area contributed by atoms with Crippen LogP contribution in [0.2, 0.25) is 0 Å². The molecule has 0 unspecified atom stereocenters. The smallest absolute Gasteiger partial charge is 1.00 e. The van der Waals surface area contributed by atoms with E-state index in [2.05, 4.69) is 285 Å². The predicted molar refractivity (Wildman–Crippen MR) is 310 cm³/mol. The third kappa shape index (κ3) is 14.7. The Morgan fingerprint density at radius 2 is 0.416 bits per heavy atom. The van der Waals surface area contributed by atoms with E-state index in [0.29, 0.717) is 0 Å². The Morgan fingerprint density at radius 3 is 0.623 bits per heavy atom. The van der Waals surface area contributed by atoms with Gasteiger partial charge in [-0.1, -0.05) is 294 Å². The molecule has 0 saturated heterocycles. The zero-order valence-electron chi connectivity index (χ0n) is 43.2. The van der Waals surface area contributed by atoms with E-state index in [1.54, 1.807) is 0 Å². The third-order valence-corrected chi connectivity index (χ3v) is 19.1. The van der Waals surface area contributed by atoms with Crippen molar-refractivity contribution in [2.75, 3.05) is 0 Å². The molecule has 0 fully saturated rings. The molecule has 0 amide bonds. The van der Waals surface area contributed by atoms with Crippen molar-refractivity contribution in [3.63, 3.8) is 0 Å². The maximum absolute atomic E-state index is 3.29. The molecule has 0 aliphatic heterocycles. The van der Waals surface area contributed by atoms with E-state index in [1.807, 2.05) is 0 Å². The summed E-state index contributed by atoms with van der Waals surface area (Å²) in [6.07, 6.45) is 5.97. The number of benzene rings is 10. The molecule has 0 N–H and O–H groups in total. The van der Waals surface area contributed by atoms with E-state index in [0.717, 1.165) is 44.9 Å². The number of hydrogen-bond donors (Lipinski definition) is 0. The molecule has 11 rings (SSSR count). The number of hydrogen-bond acceptors (Lipinski definition) is 0. The molecule has 0 radical (unpaired) electrons. The normalized spacial score (nSPS) is 10.8. The van der Waals surface area contributed by atoms with Gasteiger partial charge in [-0.2, -0.15) is 17.7 Å². The topological polar surface area (TPSA) is 0 Å². The van der Waals surface area contributed by atoms with Crippen molar-refractivity contribution in [2.24, 2.45) is 0 Å². The predicted octanol–water partition coefficient (Wildman–Crippen LogP) is 4.93. The van der Waals surface area contributed by atoms with Crippen molar-refractivity contribution in [3.05, 3.63) is 363 Å². The van der Waals surface area contributed by atoms with Gasteiger partial charge < -0.3 is 37.2 Å². The average molecular weight is 1110 g/mol. The minimum atomic E-state index is -3.29. The summed E-state index contributed by atoms with van der Waals surface area (Å²) in [5.74, 6) is 0. The fraction of sp³-hybridized carbons (Fsp3) is 0.0972. The van der Waals surface area contributed by atoms with Crippen molar-refractivity contribution in [1.82, 2.24) is 0 Å². The standard InChI is InChI=1S/C72H61Si.3ClH.Ti/c1-8-22-55(23-9-1)38-62-36-37-69(48-62)73(70-49-63(39-56-24-10-2-11-25-56)45-64(50-70)40-57-26-12-3-13-27-57,71-51-65(41-58-28-14-4-15-29-58)46-66(52-71)42-59-30-16-5-17-31-59)72-53-67(43-60-32-18-6-19-33-60)47-68(54-72)44-61-34-20-7-21-35-61;;;;/h1-37,45-54H,38-44H2;3*1H;/q-1;;;;+4/p-3. The van der Waals surface area contributed by atoms with Crippen LogP contribution in [-0.2, 0) is 66.7 Å². The van der Waals surface area contributed by atoms with Crippen LogP contribution in [0.5, 0.6) is 0 Å². The van der Waals surface area contributed by atoms with Crippen LogP contribution < -0.4 is 58.0 Å². The third-order valence-electron chi connectivity index (χ3n) is 14.5. The zero-order valence-corrected chi connectivity index (χ0v) is 48.0. The summed E-state index contributed by atoms with van der Waals surface area (Å²) in [6.45, 7) is 0. The Balaban J connectivity index is 0.00000215. The summed E-state index contributed by atoms with van der Waals surface area (Å²) in [4.78, 5) is 0. The molecular formula is C72H61Cl3SiTi. The molecule has 0 atom stereocenters. The van der Waals surface area contributed by atoms with Gasteiger partial charge in [-0.3, -0.25) is 0 Å². The summed E-state index contributed by atoms with van der Waals surface area (Å²) >= 11 is 0. The van der Waals surface area contributed by atoms with E-state index in [4.69, 9.17) is 0 Å². The van der Waals surface area contributed by atoms with E-state index < -0.39 is 8.07 Å². The van der Waals surface area contributed by atoms with Crippen LogP contribution >= 0.6 is 0 Å². The Labute approximate surface area is 491 Å². The molecule has 11 aromatic rings. The average Bonchev–Trinajstić information content (AvgIpc) is 4.00. The first-order valence-corrected chi connectivity index (χ1v) is 28.0. The van der Waals surface area contributed by atoms with Crippen molar-refractivity contribution in [2.45, 2.75) is 44.9 Å². The van der Waals surface area contributed by atoms with E-state index in [1.165, 1.54) is 98.6 Å². The molecule has 0 aliphatic rings. The van der Waals surface area contributed by atoms with Gasteiger partial charge >= 0.3 is 21.7 Å². The molecule has 77 heavy (non-hydrogen) atoms. The Hall–Kier alpha value is -6.65. The van der Waals surface area contributed by atoms with Crippen LogP contribution in [0.3, 0.4) is 0 Å². The number of rotatable bonds is 18. The Morgan fingerprint density at radius 1 is 0.221 bits per heavy atom. The number of halogens is 3. The molecule has 0 heterocycles. The second kappa shape index (κ2) is 28.1. The van der Waals surface area contributed by atoms with Crippen LogP contribution in [0.15, 0.2) is 285 Å². The van der Waals surface area contributed by atoms with Gasteiger partial charge in [0.25, 0.3) is 0 Å². The summed E-state index contributed by atoms with van der Waals surface area (Å²) < 4.78 is 0. The van der Waals surface area contributed by atoms with E-state index >= 15 is 0 Å². The van der Waals surface area contributed by atoms with Crippen LogP contribution in [0.1, 0.15) is 77.9 Å². The minimum Gasteiger partial charge on any atom is -1.00 e. The fourth-order valence-electron chi connectivity index (χ4n) is 11.2. The van der Waals surface area contributed by atoms with Crippen molar-refractivity contribution >= 4 is 28.8 Å². The molecule has 0 saturated carbocycles. The molecule has 0 spiro atoms. The zero-order chi connectivity index (χ0) is 49.1. The monoisotopic (exact) mass is 1110 g/mol. The van der Waals surface area contributed by atoms with Crippen LogP contribution in [0.25, 0.3) is 0 Å². The molecule has 5 heteroatoms. The van der Waals surface area contributed by atoms with Gasteiger partial charge in [-0.05, 0) is 105 Å². The Kier molecular flexibility index (Phi) is 21.2. The SMILES string of the molecule is [Cl-].[Cl-].[Cl-].[Ti+4].c1ccc(Cc2cc(Cc3ccccc3)cc([Si](c3cc(Cc4ccccc4)cc(Cc4ccccc4)c3)(c3cc(Cc4ccccc4)cc(Cc4ccccc4)c3)[c-]3ccc(Cc4ccccc4)c3)c2)cc1. The molecule has 0 aliphatic carbocycles. The molecule has 0 aromatic heterocycles. The van der Waals surface area contributed by atoms with Crippen LogP contribution in [0.4, 0.5) is 0 Å². The van der Waals surface area contributed by atoms with Gasteiger partial charge in [0.15, 0.2) is 0 Å². The molecule has 0 bridgehead atoms. The van der Waals surface area contributed by atoms with E-state index in [-0.39, 0.29) is 58.9 Å². The van der Waals surface area contributed by atoms with Gasteiger partial charge in [0.1, 0.15) is 8.07 Å². The van der Waals surface area contributed by atoms with Crippen LogP contribution in [-0.4, -0.2) is 8.07 Å². The van der Waals surface area contributed by atoms with Gasteiger partial charge in [-0.25, -0.2) is 6.07 Å². The second-order valence-electron chi connectivity index (χ2n) is 20.0. The van der Waals surface area contributed by atoms with Crippen LogP contribution in [0, 0.1) is 0 Å². The summed E-state index contributed by atoms with van der Waals surface area (Å²) in [7, 11) is -3.29. The summed E-state index contributed by atoms with van der Waals surface area (Å²) in [5, 5.41) is 5.70. The first-order valence-electron chi connectivity index (χ1n) is 26.0. The van der Waals surface area contributed by atoms with E-state index in [9.17, 15) is 0 Å². The maximum atomic E-state index is 2.62. The second-order valence-corrected chi connectivity index (χ2v) is 23.8. The van der Waals surface area contributed by atoms with Gasteiger partial charge in [0.05, 0.1) is 0 Å². The first kappa shape index (κ1) is 58.0. The fourth-order valence-corrected chi connectivity index (χ4v) is 16.4. The molecule has 11 aromatic carbocycles. The minimum absolute atomic E-state index is 0. The Bertz CT molecular complexity index is 3020. The summed E-state index contributed by atoms with van der Waals surface area (Å²) in [6, 6.07) is 108. The van der Waals surface area contributed by atoms with Gasteiger partial charge in [-0.15, -0.1) is 5.19 Å². The first-order chi connectivity index (χ1) is 36.1. The molecule has 378 valence electrons. The molecular weight excluding hydrogens is 1050 g/mol. The largest absolute Gasteiger partial charge is 4.00 e. The van der Waals surface area contributed by atoms with Crippen molar-refractivity contribution in [1.29, 1.82) is 0 Å². The van der Waals surface area contributed by atoms with Gasteiger partial charge in [0, 0.05) is 0 Å². The van der Waals surface area contributed by atoms with Gasteiger partial charge in [0.2, 0.25) is 0 Å². The quantitative estimate of drug-likeness (QED) is 0.0651. The maximum Gasteiger partial charge on any atom is 4.00 e.